The van der Waals surface area contributed by atoms with Crippen LogP contribution in [0.1, 0.15) is 24.2 Å². The first-order chi connectivity index (χ1) is 12.4. The Morgan fingerprint density at radius 2 is 2.00 bits per heavy atom. The maximum Gasteiger partial charge on any atom is 0.329 e. The highest BCUT2D eigenvalue weighted by Crippen LogP contribution is 2.30. The summed E-state index contributed by atoms with van der Waals surface area (Å²) in [5.41, 5.74) is 5.59. The van der Waals surface area contributed by atoms with E-state index in [9.17, 15) is 14.7 Å². The molecule has 0 aliphatic heterocycles. The molecule has 1 rings (SSSR count). The van der Waals surface area contributed by atoms with Crippen LogP contribution in [-0.2, 0) is 0 Å². The molecule has 10 heteroatoms. The molecular weight excluding hydrogens is 378 g/mol. The van der Waals surface area contributed by atoms with Gasteiger partial charge in [0.2, 0.25) is 0 Å². The number of urea groups is 1. The molecule has 1 aromatic rings. The van der Waals surface area contributed by atoms with Crippen LogP contribution in [0.25, 0.3) is 0 Å². The van der Waals surface area contributed by atoms with E-state index in [0.717, 1.165) is 25.0 Å². The van der Waals surface area contributed by atoms with E-state index >= 15 is 0 Å². The minimum Gasteiger partial charge on any atom is -0.507 e. The summed E-state index contributed by atoms with van der Waals surface area (Å²) in [6, 6.07) is 2.07. The first kappa shape index (κ1) is 22.4. The number of hydrogen-bond acceptors (Lipinski definition) is 6. The van der Waals surface area contributed by atoms with Crippen molar-refractivity contribution in [2.24, 2.45) is 5.73 Å². The van der Waals surface area contributed by atoms with E-state index in [2.05, 4.69) is 20.3 Å². The molecule has 0 aliphatic rings. The number of aromatic hydroxyl groups is 1. The second-order valence-electron chi connectivity index (χ2n) is 5.33. The average molecular weight is 404 g/mol. The molecule has 0 saturated carbocycles. The number of halogens is 1. The van der Waals surface area contributed by atoms with E-state index in [1.54, 1.807) is 0 Å². The van der Waals surface area contributed by atoms with Crippen LogP contribution in [-0.4, -0.2) is 60.4 Å². The highest BCUT2D eigenvalue weighted by Gasteiger charge is 2.16. The van der Waals surface area contributed by atoms with Crippen LogP contribution < -0.4 is 21.1 Å². The predicted octanol–water partition coefficient (Wildman–Crippen LogP) is 1.85. The Labute approximate surface area is 163 Å². The van der Waals surface area contributed by atoms with Crippen LogP contribution in [0.3, 0.4) is 0 Å². The summed E-state index contributed by atoms with van der Waals surface area (Å²) in [6.45, 7) is 7.50. The molecule has 0 saturated heterocycles. The second-order valence-corrected chi connectivity index (χ2v) is 6.63. The summed E-state index contributed by atoms with van der Waals surface area (Å²) in [5.74, 6) is -0.121. The lowest BCUT2D eigenvalue weighted by molar-refractivity contribution is 0.0946. The number of likely N-dealkylation sites (N-methyl/N-ethyl adjacent to an activating group) is 1. The third-order valence-electron chi connectivity index (χ3n) is 3.57. The van der Waals surface area contributed by atoms with Crippen LogP contribution in [0.2, 0.25) is 5.02 Å². The lowest BCUT2D eigenvalue weighted by Crippen LogP contribution is -2.34. The molecule has 0 heterocycles. The molecule has 0 aromatic heterocycles. The summed E-state index contributed by atoms with van der Waals surface area (Å²) in [4.78, 5) is 26.1. The standard InChI is InChI=1S/C16H26ClN5O3S/c1-3-22(4-2)7-6-19-15(24)11-9-12(17)13(10-14(11)23)20-16(25)21-26-8-5-18/h9-10,23H,3-8,18H2,1-2H3,(H,19,24)(H2,20,21,25). The number of rotatable bonds is 10. The van der Waals surface area contributed by atoms with Gasteiger partial charge in [0, 0.05) is 31.5 Å². The largest absolute Gasteiger partial charge is 0.507 e. The minimum atomic E-state index is -0.499. The number of nitrogens with zero attached hydrogens (tertiary/aromatic N) is 1. The molecule has 0 spiro atoms. The van der Waals surface area contributed by atoms with Crippen molar-refractivity contribution in [2.45, 2.75) is 13.8 Å². The molecular formula is C16H26ClN5O3S. The molecule has 0 bridgehead atoms. The highest BCUT2D eigenvalue weighted by atomic mass is 35.5. The van der Waals surface area contributed by atoms with Crippen LogP contribution in [0.15, 0.2) is 12.1 Å². The fraction of sp³-hybridized carbons (Fsp3) is 0.500. The quantitative estimate of drug-likeness (QED) is 0.300. The van der Waals surface area contributed by atoms with Crippen LogP contribution in [0.4, 0.5) is 10.5 Å². The van der Waals surface area contributed by atoms with Gasteiger partial charge in [-0.2, -0.15) is 0 Å². The van der Waals surface area contributed by atoms with Crippen LogP contribution in [0.5, 0.6) is 5.75 Å². The fourth-order valence-electron chi connectivity index (χ4n) is 2.13. The monoisotopic (exact) mass is 403 g/mol. The second kappa shape index (κ2) is 11.8. The Kier molecular flexibility index (Phi) is 10.2. The molecule has 146 valence electrons. The van der Waals surface area contributed by atoms with Crippen molar-refractivity contribution >= 4 is 41.2 Å². The zero-order valence-electron chi connectivity index (χ0n) is 15.0. The van der Waals surface area contributed by atoms with Crippen molar-refractivity contribution in [1.82, 2.24) is 14.9 Å². The number of hydrogen-bond donors (Lipinski definition) is 5. The number of carbonyl (C=O) groups is 2. The fourth-order valence-corrected chi connectivity index (χ4v) is 2.74. The van der Waals surface area contributed by atoms with Gasteiger partial charge in [-0.15, -0.1) is 0 Å². The van der Waals surface area contributed by atoms with E-state index in [1.807, 2.05) is 13.8 Å². The third kappa shape index (κ3) is 7.28. The number of benzene rings is 1. The lowest BCUT2D eigenvalue weighted by Gasteiger charge is -2.18. The SMILES string of the molecule is CCN(CC)CCNC(=O)c1cc(Cl)c(NC(=O)NSCCN)cc1O. The number of amides is 3. The summed E-state index contributed by atoms with van der Waals surface area (Å²) in [5, 5.41) is 15.5. The molecule has 0 fully saturated rings. The predicted molar refractivity (Wildman–Crippen MR) is 107 cm³/mol. The molecule has 0 radical (unpaired) electrons. The summed E-state index contributed by atoms with van der Waals surface area (Å²) in [7, 11) is 0. The number of nitrogens with one attached hydrogen (secondary N) is 3. The van der Waals surface area contributed by atoms with Gasteiger partial charge in [0.1, 0.15) is 5.75 Å². The maximum absolute atomic E-state index is 12.2. The summed E-state index contributed by atoms with van der Waals surface area (Å²) >= 11 is 7.26. The third-order valence-corrected chi connectivity index (χ3v) is 4.65. The molecule has 1 aromatic carbocycles. The van der Waals surface area contributed by atoms with Gasteiger partial charge in [-0.25, -0.2) is 4.79 Å². The van der Waals surface area contributed by atoms with Gasteiger partial charge in [0.25, 0.3) is 5.91 Å². The van der Waals surface area contributed by atoms with E-state index in [4.69, 9.17) is 17.3 Å². The first-order valence-electron chi connectivity index (χ1n) is 8.34. The van der Waals surface area contributed by atoms with Crippen LogP contribution >= 0.6 is 23.5 Å². The van der Waals surface area contributed by atoms with E-state index < -0.39 is 11.9 Å². The smallest absolute Gasteiger partial charge is 0.329 e. The number of anilines is 1. The van der Waals surface area contributed by atoms with Gasteiger partial charge in [-0.3, -0.25) is 9.52 Å². The minimum absolute atomic E-state index is 0.0537. The number of phenolic OH excluding ortho intramolecular Hbond substituents is 1. The maximum atomic E-state index is 12.2. The molecule has 0 aliphatic carbocycles. The Morgan fingerprint density at radius 3 is 2.62 bits per heavy atom. The normalized spacial score (nSPS) is 10.7. The van der Waals surface area contributed by atoms with Crippen molar-refractivity contribution < 1.29 is 14.7 Å². The first-order valence-corrected chi connectivity index (χ1v) is 9.71. The van der Waals surface area contributed by atoms with Gasteiger partial charge in [0.05, 0.1) is 16.3 Å². The van der Waals surface area contributed by atoms with Crippen LogP contribution in [0, 0.1) is 0 Å². The zero-order chi connectivity index (χ0) is 19.5. The number of nitrogens with two attached hydrogens (primary N) is 1. The molecule has 8 nitrogen and oxygen atoms in total. The molecule has 0 unspecified atom stereocenters. The molecule has 3 amide bonds. The Bertz CT molecular complexity index is 614. The highest BCUT2D eigenvalue weighted by molar-refractivity contribution is 7.97. The Hall–Kier alpha value is -1.68. The topological polar surface area (TPSA) is 120 Å². The molecule has 6 N–H and O–H groups in total. The van der Waals surface area contributed by atoms with Crippen molar-refractivity contribution in [1.29, 1.82) is 0 Å². The van der Waals surface area contributed by atoms with Gasteiger partial charge in [-0.05, 0) is 31.1 Å². The number of phenols is 1. The summed E-state index contributed by atoms with van der Waals surface area (Å²) in [6.07, 6.45) is 0. The van der Waals surface area contributed by atoms with E-state index in [1.165, 1.54) is 12.1 Å². The van der Waals surface area contributed by atoms with Crippen molar-refractivity contribution in [2.75, 3.05) is 43.8 Å². The van der Waals surface area contributed by atoms with Crippen molar-refractivity contribution in [3.63, 3.8) is 0 Å². The zero-order valence-corrected chi connectivity index (χ0v) is 16.5. The Balaban J connectivity index is 2.67. The number of carbonyl (C=O) groups excluding carboxylic acids is 2. The van der Waals surface area contributed by atoms with Crippen molar-refractivity contribution in [3.8, 4) is 5.75 Å². The van der Waals surface area contributed by atoms with E-state index in [0.29, 0.717) is 25.4 Å². The van der Waals surface area contributed by atoms with Gasteiger partial charge < -0.3 is 26.4 Å². The molecule has 26 heavy (non-hydrogen) atoms. The summed E-state index contributed by atoms with van der Waals surface area (Å²) < 4.78 is 2.53. The molecule has 0 atom stereocenters. The average Bonchev–Trinajstić information content (AvgIpc) is 2.61. The van der Waals surface area contributed by atoms with Gasteiger partial charge >= 0.3 is 6.03 Å². The van der Waals surface area contributed by atoms with Crippen molar-refractivity contribution in [3.05, 3.63) is 22.7 Å². The van der Waals surface area contributed by atoms with Gasteiger partial charge in [0.15, 0.2) is 0 Å². The Morgan fingerprint density at radius 1 is 1.31 bits per heavy atom. The van der Waals surface area contributed by atoms with E-state index in [-0.39, 0.29) is 22.0 Å². The lowest BCUT2D eigenvalue weighted by atomic mass is 10.1. The van der Waals surface area contributed by atoms with Gasteiger partial charge in [-0.1, -0.05) is 25.4 Å².